The van der Waals surface area contributed by atoms with E-state index in [1.165, 1.54) is 86.3 Å². The van der Waals surface area contributed by atoms with E-state index < -0.39 is 0 Å². The molecular formula is C44H29N3S. The number of anilines is 3. The van der Waals surface area contributed by atoms with E-state index in [9.17, 15) is 0 Å². The number of nitrogens with zero attached hydrogens (tertiary/aromatic N) is 2. The van der Waals surface area contributed by atoms with Crippen LogP contribution in [0.4, 0.5) is 17.1 Å². The van der Waals surface area contributed by atoms with Gasteiger partial charge in [-0.25, -0.2) is 0 Å². The maximum Gasteiger partial charge on any atom is 0.0558 e. The van der Waals surface area contributed by atoms with E-state index >= 15 is 0 Å². The predicted octanol–water partition coefficient (Wildman–Crippen LogP) is 12.7. The number of nitrogens with one attached hydrogen (secondary N) is 1. The second-order valence-electron chi connectivity index (χ2n) is 12.9. The Bertz CT molecular complexity index is 2890. The van der Waals surface area contributed by atoms with Crippen molar-refractivity contribution in [3.63, 3.8) is 0 Å². The van der Waals surface area contributed by atoms with Crippen LogP contribution in [0.1, 0.15) is 17.7 Å². The molecule has 48 heavy (non-hydrogen) atoms. The van der Waals surface area contributed by atoms with E-state index in [4.69, 9.17) is 0 Å². The number of benzene rings is 7. The monoisotopic (exact) mass is 631 g/mol. The van der Waals surface area contributed by atoms with Crippen molar-refractivity contribution in [3.05, 3.63) is 151 Å². The Balaban J connectivity index is 1.19. The fourth-order valence-electron chi connectivity index (χ4n) is 8.29. The largest absolute Gasteiger partial charge is 0.354 e. The van der Waals surface area contributed by atoms with Gasteiger partial charge in [0.25, 0.3) is 0 Å². The third-order valence-corrected chi connectivity index (χ3v) is 11.5. The molecule has 0 amide bonds. The van der Waals surface area contributed by atoms with Crippen molar-refractivity contribution in [3.8, 4) is 5.69 Å². The first-order chi connectivity index (χ1) is 23.8. The SMILES string of the molecule is C1=Cc2c(n(-c3ccccc3)c3cc(N(c4ccccc4)c4ccc5[nH]c6cc7c8ccccc8sc7c7ccc4c5c67)ccc23)CC1. The Labute approximate surface area is 280 Å². The minimum absolute atomic E-state index is 1.04. The molecule has 4 heteroatoms. The quantitative estimate of drug-likeness (QED) is 0.192. The normalized spacial score (nSPS) is 13.2. The molecule has 1 aliphatic rings. The number of H-pyrrole nitrogens is 1. The van der Waals surface area contributed by atoms with Gasteiger partial charge in [0.2, 0.25) is 0 Å². The summed E-state index contributed by atoms with van der Waals surface area (Å²) in [6.45, 7) is 0. The third kappa shape index (κ3) is 3.58. The number of hydrogen-bond acceptors (Lipinski definition) is 2. The highest BCUT2D eigenvalue weighted by molar-refractivity contribution is 7.26. The topological polar surface area (TPSA) is 24.0 Å². The lowest BCUT2D eigenvalue weighted by Crippen LogP contribution is -2.10. The molecule has 226 valence electrons. The molecule has 7 aromatic carbocycles. The summed E-state index contributed by atoms with van der Waals surface area (Å²) in [6.07, 6.45) is 6.74. The van der Waals surface area contributed by atoms with Crippen molar-refractivity contribution in [2.24, 2.45) is 0 Å². The van der Waals surface area contributed by atoms with Gasteiger partial charge >= 0.3 is 0 Å². The smallest absolute Gasteiger partial charge is 0.0558 e. The molecule has 0 saturated carbocycles. The molecule has 0 unspecified atom stereocenters. The Morgan fingerprint density at radius 1 is 0.604 bits per heavy atom. The van der Waals surface area contributed by atoms with Crippen LogP contribution in [0.5, 0.6) is 0 Å². The fourth-order valence-corrected chi connectivity index (χ4v) is 9.50. The number of aromatic nitrogens is 2. The summed E-state index contributed by atoms with van der Waals surface area (Å²) in [6, 6.07) is 49.1. The molecule has 0 spiro atoms. The molecule has 3 nitrogen and oxygen atoms in total. The number of fused-ring (bicyclic) bond motifs is 7. The van der Waals surface area contributed by atoms with E-state index in [0.717, 1.165) is 24.2 Å². The number of para-hydroxylation sites is 2. The van der Waals surface area contributed by atoms with E-state index in [2.05, 4.69) is 160 Å². The molecule has 11 rings (SSSR count). The average Bonchev–Trinajstić information content (AvgIpc) is 3.82. The molecule has 0 fully saturated rings. The maximum absolute atomic E-state index is 3.81. The van der Waals surface area contributed by atoms with Crippen LogP contribution in [0.2, 0.25) is 0 Å². The lowest BCUT2D eigenvalue weighted by molar-refractivity contribution is 0.888. The highest BCUT2D eigenvalue weighted by Crippen LogP contribution is 2.48. The summed E-state index contributed by atoms with van der Waals surface area (Å²) in [5, 5.41) is 9.15. The van der Waals surface area contributed by atoms with E-state index in [0.29, 0.717) is 0 Å². The van der Waals surface area contributed by atoms with Crippen molar-refractivity contribution in [2.45, 2.75) is 12.8 Å². The zero-order chi connectivity index (χ0) is 31.3. The van der Waals surface area contributed by atoms with E-state index in [1.807, 2.05) is 11.3 Å². The van der Waals surface area contributed by atoms with Crippen LogP contribution < -0.4 is 4.90 Å². The van der Waals surface area contributed by atoms with Crippen molar-refractivity contribution in [1.29, 1.82) is 0 Å². The van der Waals surface area contributed by atoms with Crippen molar-refractivity contribution in [1.82, 2.24) is 9.55 Å². The lowest BCUT2D eigenvalue weighted by atomic mass is 9.98. The second-order valence-corrected chi connectivity index (χ2v) is 14.0. The van der Waals surface area contributed by atoms with Gasteiger partial charge in [0.05, 0.1) is 11.2 Å². The Morgan fingerprint density at radius 3 is 2.27 bits per heavy atom. The Kier molecular flexibility index (Phi) is 5.38. The molecule has 1 N–H and O–H groups in total. The summed E-state index contributed by atoms with van der Waals surface area (Å²) in [5.41, 5.74) is 11.0. The zero-order valence-corrected chi connectivity index (χ0v) is 26.9. The van der Waals surface area contributed by atoms with Gasteiger partial charge < -0.3 is 14.5 Å². The molecular weight excluding hydrogens is 603 g/mol. The molecule has 3 aromatic heterocycles. The minimum atomic E-state index is 1.04. The number of hydrogen-bond donors (Lipinski definition) is 1. The van der Waals surface area contributed by atoms with E-state index in [-0.39, 0.29) is 0 Å². The third-order valence-electron chi connectivity index (χ3n) is 10.3. The van der Waals surface area contributed by atoms with Crippen LogP contribution >= 0.6 is 11.3 Å². The van der Waals surface area contributed by atoms with Gasteiger partial charge in [0, 0.05) is 86.5 Å². The van der Waals surface area contributed by atoms with Gasteiger partial charge in [0.1, 0.15) is 0 Å². The molecule has 0 bridgehead atoms. The first-order valence-electron chi connectivity index (χ1n) is 16.7. The van der Waals surface area contributed by atoms with Crippen LogP contribution in [0.3, 0.4) is 0 Å². The lowest BCUT2D eigenvalue weighted by Gasteiger charge is -2.27. The molecule has 0 saturated heterocycles. The maximum atomic E-state index is 3.81. The molecule has 3 heterocycles. The van der Waals surface area contributed by atoms with Gasteiger partial charge in [-0.05, 0) is 73.5 Å². The highest BCUT2D eigenvalue weighted by atomic mass is 32.1. The number of allylic oxidation sites excluding steroid dienone is 1. The molecule has 10 aromatic rings. The predicted molar refractivity (Wildman–Crippen MR) is 206 cm³/mol. The molecule has 0 radical (unpaired) electrons. The Morgan fingerprint density at radius 2 is 1.38 bits per heavy atom. The van der Waals surface area contributed by atoms with Crippen LogP contribution in [-0.2, 0) is 6.42 Å². The molecule has 0 aliphatic heterocycles. The van der Waals surface area contributed by atoms with Crippen LogP contribution in [0.25, 0.3) is 75.4 Å². The second kappa shape index (κ2) is 9.83. The number of thiophene rings is 1. The van der Waals surface area contributed by atoms with E-state index in [1.54, 1.807) is 0 Å². The molecule has 0 atom stereocenters. The van der Waals surface area contributed by atoms with Crippen LogP contribution in [0.15, 0.2) is 140 Å². The van der Waals surface area contributed by atoms with Gasteiger partial charge in [-0.2, -0.15) is 0 Å². The summed E-state index contributed by atoms with van der Waals surface area (Å²) in [5.74, 6) is 0. The minimum Gasteiger partial charge on any atom is -0.354 e. The van der Waals surface area contributed by atoms with Crippen molar-refractivity contribution < 1.29 is 0 Å². The summed E-state index contributed by atoms with van der Waals surface area (Å²) in [7, 11) is 0. The highest BCUT2D eigenvalue weighted by Gasteiger charge is 2.24. The Hall–Kier alpha value is -5.84. The first kappa shape index (κ1) is 26.3. The first-order valence-corrected chi connectivity index (χ1v) is 17.5. The van der Waals surface area contributed by atoms with Gasteiger partial charge in [-0.15, -0.1) is 11.3 Å². The summed E-state index contributed by atoms with van der Waals surface area (Å²) < 4.78 is 5.18. The van der Waals surface area contributed by atoms with Crippen molar-refractivity contribution in [2.75, 3.05) is 4.90 Å². The van der Waals surface area contributed by atoms with Crippen LogP contribution in [-0.4, -0.2) is 9.55 Å². The summed E-state index contributed by atoms with van der Waals surface area (Å²) in [4.78, 5) is 6.25. The fraction of sp³-hybridized carbons (Fsp3) is 0.0455. The number of rotatable bonds is 4. The standard InChI is InChI=1S/C44H29N3S/c1-3-11-27(12-4-1)46(29-19-20-31-30-15-7-9-17-38(30)47(40(31)25-29)28-13-5-2-6-14-28)39-24-23-36-42-33(39)21-22-34-43(42)37(45-36)26-35-32-16-8-10-18-41(32)48-44(34)35/h1-8,10-16,18-26,45H,9,17H2. The zero-order valence-electron chi connectivity index (χ0n) is 26.1. The summed E-state index contributed by atoms with van der Waals surface area (Å²) >= 11 is 1.90. The van der Waals surface area contributed by atoms with Gasteiger partial charge in [0.15, 0.2) is 0 Å². The van der Waals surface area contributed by atoms with Crippen LogP contribution in [0, 0.1) is 0 Å². The van der Waals surface area contributed by atoms with Gasteiger partial charge in [-0.1, -0.05) is 84.9 Å². The van der Waals surface area contributed by atoms with Crippen molar-refractivity contribution >= 4 is 98.1 Å². The average molecular weight is 632 g/mol. The number of aromatic amines is 1. The molecule has 1 aliphatic carbocycles. The van der Waals surface area contributed by atoms with Gasteiger partial charge in [-0.3, -0.25) is 0 Å².